The van der Waals surface area contributed by atoms with E-state index in [4.69, 9.17) is 5.73 Å². The number of rotatable bonds is 8. The third-order valence-electron chi connectivity index (χ3n) is 4.28. The van der Waals surface area contributed by atoms with Crippen LogP contribution in [0.4, 0.5) is 0 Å². The van der Waals surface area contributed by atoms with Crippen molar-refractivity contribution in [3.05, 3.63) is 71.3 Å². The molecule has 4 nitrogen and oxygen atoms in total. The molecule has 3 N–H and O–H groups in total. The Bertz CT molecular complexity index is 638. The summed E-state index contributed by atoms with van der Waals surface area (Å²) in [6.07, 6.45) is 0. The Morgan fingerprint density at radius 2 is 1.54 bits per heavy atom. The number of carbonyl (C=O) groups is 1. The molecule has 0 bridgehead atoms. The van der Waals surface area contributed by atoms with E-state index in [0.29, 0.717) is 18.0 Å². The highest BCUT2D eigenvalue weighted by atomic mass is 16.3. The van der Waals surface area contributed by atoms with E-state index >= 15 is 0 Å². The normalized spacial score (nSPS) is 12.5. The van der Waals surface area contributed by atoms with Crippen LogP contribution in [0.5, 0.6) is 0 Å². The van der Waals surface area contributed by atoms with Crippen LogP contribution < -0.4 is 5.73 Å². The zero-order valence-electron chi connectivity index (χ0n) is 14.4. The topological polar surface area (TPSA) is 66.6 Å². The summed E-state index contributed by atoms with van der Waals surface area (Å²) in [7, 11) is 0. The standard InChI is InChI=1S/C20H26N2O2/c1-15(2)19(14-23)22(12-16-6-4-3-5-7-16)13-17-8-10-18(11-9-17)20(21)24/h3-11,15,19,23H,12-14H2,1-2H3,(H2,21,24)/t19-/m1/s1. The molecule has 1 atom stereocenters. The fourth-order valence-corrected chi connectivity index (χ4v) is 2.87. The maximum Gasteiger partial charge on any atom is 0.248 e. The molecule has 2 aromatic carbocycles. The number of aliphatic hydroxyl groups excluding tert-OH is 1. The van der Waals surface area contributed by atoms with E-state index in [1.807, 2.05) is 30.3 Å². The van der Waals surface area contributed by atoms with Gasteiger partial charge in [-0.2, -0.15) is 0 Å². The predicted molar refractivity (Wildman–Crippen MR) is 96.4 cm³/mol. The van der Waals surface area contributed by atoms with Gasteiger partial charge >= 0.3 is 0 Å². The molecule has 0 aliphatic rings. The second-order valence-corrected chi connectivity index (χ2v) is 6.45. The second kappa shape index (κ2) is 8.62. The predicted octanol–water partition coefficient (Wildman–Crippen LogP) is 2.80. The molecule has 4 heteroatoms. The molecule has 0 aromatic heterocycles. The fraction of sp³-hybridized carbons (Fsp3) is 0.350. The van der Waals surface area contributed by atoms with Crippen LogP contribution in [-0.2, 0) is 13.1 Å². The van der Waals surface area contributed by atoms with Crippen molar-refractivity contribution in [2.45, 2.75) is 33.0 Å². The van der Waals surface area contributed by atoms with Gasteiger partial charge in [0.25, 0.3) is 0 Å². The lowest BCUT2D eigenvalue weighted by atomic mass is 10.0. The summed E-state index contributed by atoms with van der Waals surface area (Å²) < 4.78 is 0. The van der Waals surface area contributed by atoms with Crippen LogP contribution >= 0.6 is 0 Å². The molecule has 0 aliphatic heterocycles. The number of carbonyl (C=O) groups excluding carboxylic acids is 1. The van der Waals surface area contributed by atoms with Gasteiger partial charge in [0.1, 0.15) is 0 Å². The van der Waals surface area contributed by atoms with E-state index in [1.54, 1.807) is 12.1 Å². The summed E-state index contributed by atoms with van der Waals surface area (Å²) in [5.74, 6) is -0.0817. The largest absolute Gasteiger partial charge is 0.395 e. The van der Waals surface area contributed by atoms with E-state index < -0.39 is 5.91 Å². The first-order valence-electron chi connectivity index (χ1n) is 8.29. The number of primary amides is 1. The molecular formula is C20H26N2O2. The number of nitrogens with two attached hydrogens (primary N) is 1. The van der Waals surface area contributed by atoms with Gasteiger partial charge in [-0.25, -0.2) is 0 Å². The Kier molecular flexibility index (Phi) is 6.53. The number of hydrogen-bond acceptors (Lipinski definition) is 3. The summed E-state index contributed by atoms with van der Waals surface area (Å²) >= 11 is 0. The molecule has 24 heavy (non-hydrogen) atoms. The Morgan fingerprint density at radius 3 is 2.00 bits per heavy atom. The van der Waals surface area contributed by atoms with Crippen molar-refractivity contribution in [2.75, 3.05) is 6.61 Å². The number of benzene rings is 2. The number of aliphatic hydroxyl groups is 1. The van der Waals surface area contributed by atoms with Crippen molar-refractivity contribution >= 4 is 5.91 Å². The first-order chi connectivity index (χ1) is 11.5. The third-order valence-corrected chi connectivity index (χ3v) is 4.28. The minimum absolute atomic E-state index is 0.0704. The molecule has 0 fully saturated rings. The number of hydrogen-bond donors (Lipinski definition) is 2. The monoisotopic (exact) mass is 326 g/mol. The van der Waals surface area contributed by atoms with Crippen LogP contribution in [0.2, 0.25) is 0 Å². The maximum atomic E-state index is 11.2. The van der Waals surface area contributed by atoms with Gasteiger partial charge in [-0.15, -0.1) is 0 Å². The van der Waals surface area contributed by atoms with Gasteiger partial charge < -0.3 is 10.8 Å². The molecule has 0 saturated carbocycles. The van der Waals surface area contributed by atoms with Gasteiger partial charge in [0.15, 0.2) is 0 Å². The van der Waals surface area contributed by atoms with Crippen LogP contribution in [0.15, 0.2) is 54.6 Å². The van der Waals surface area contributed by atoms with Crippen molar-refractivity contribution in [1.29, 1.82) is 0 Å². The Balaban J connectivity index is 2.19. The van der Waals surface area contributed by atoms with E-state index in [1.165, 1.54) is 5.56 Å². The molecule has 2 rings (SSSR count). The molecule has 128 valence electrons. The van der Waals surface area contributed by atoms with E-state index in [0.717, 1.165) is 12.1 Å². The zero-order valence-corrected chi connectivity index (χ0v) is 14.4. The highest BCUT2D eigenvalue weighted by molar-refractivity contribution is 5.92. The van der Waals surface area contributed by atoms with Crippen LogP contribution in [0.1, 0.15) is 35.3 Å². The molecule has 0 saturated heterocycles. The Morgan fingerprint density at radius 1 is 1.00 bits per heavy atom. The fourth-order valence-electron chi connectivity index (χ4n) is 2.87. The van der Waals surface area contributed by atoms with Gasteiger partial charge in [-0.1, -0.05) is 56.3 Å². The highest BCUT2D eigenvalue weighted by Crippen LogP contribution is 2.18. The first kappa shape index (κ1) is 18.2. The number of nitrogens with zero attached hydrogens (tertiary/aromatic N) is 1. The lowest BCUT2D eigenvalue weighted by Gasteiger charge is -2.33. The molecular weight excluding hydrogens is 300 g/mol. The molecule has 0 heterocycles. The molecule has 2 aromatic rings. The summed E-state index contributed by atoms with van der Waals surface area (Å²) in [5.41, 5.74) is 8.11. The Hall–Kier alpha value is -2.17. The molecule has 0 radical (unpaired) electrons. The van der Waals surface area contributed by atoms with Crippen molar-refractivity contribution in [3.63, 3.8) is 0 Å². The molecule has 0 spiro atoms. The lowest BCUT2D eigenvalue weighted by molar-refractivity contribution is 0.0784. The lowest BCUT2D eigenvalue weighted by Crippen LogP contribution is -2.40. The summed E-state index contributed by atoms with van der Waals surface area (Å²) in [5, 5.41) is 9.84. The van der Waals surface area contributed by atoms with Gasteiger partial charge in [-0.3, -0.25) is 9.69 Å². The third kappa shape index (κ3) is 4.91. The maximum absolute atomic E-state index is 11.2. The molecule has 0 unspecified atom stereocenters. The van der Waals surface area contributed by atoms with Crippen molar-refractivity contribution in [1.82, 2.24) is 4.90 Å². The molecule has 0 aliphatic carbocycles. The van der Waals surface area contributed by atoms with Gasteiger partial charge in [0, 0.05) is 24.7 Å². The van der Waals surface area contributed by atoms with Crippen LogP contribution in [0.3, 0.4) is 0 Å². The first-order valence-corrected chi connectivity index (χ1v) is 8.29. The summed E-state index contributed by atoms with van der Waals surface area (Å²) in [6, 6.07) is 17.7. The SMILES string of the molecule is CC(C)[C@@H](CO)N(Cc1ccccc1)Cc1ccc(C(N)=O)cc1. The van der Waals surface area contributed by atoms with E-state index in [-0.39, 0.29) is 12.6 Å². The van der Waals surface area contributed by atoms with Crippen molar-refractivity contribution in [3.8, 4) is 0 Å². The van der Waals surface area contributed by atoms with Gasteiger partial charge in [-0.05, 0) is 29.2 Å². The van der Waals surface area contributed by atoms with Crippen LogP contribution in [0, 0.1) is 5.92 Å². The minimum Gasteiger partial charge on any atom is -0.395 e. The van der Waals surface area contributed by atoms with Gasteiger partial charge in [0.05, 0.1) is 6.61 Å². The van der Waals surface area contributed by atoms with E-state index in [2.05, 4.69) is 30.9 Å². The Labute approximate surface area is 143 Å². The average molecular weight is 326 g/mol. The smallest absolute Gasteiger partial charge is 0.248 e. The summed E-state index contributed by atoms with van der Waals surface area (Å²) in [6.45, 7) is 5.83. The second-order valence-electron chi connectivity index (χ2n) is 6.45. The minimum atomic E-state index is -0.418. The van der Waals surface area contributed by atoms with Gasteiger partial charge in [0.2, 0.25) is 5.91 Å². The van der Waals surface area contributed by atoms with Crippen LogP contribution in [-0.4, -0.2) is 28.6 Å². The number of amides is 1. The van der Waals surface area contributed by atoms with Crippen molar-refractivity contribution in [2.24, 2.45) is 11.7 Å². The quantitative estimate of drug-likeness (QED) is 0.784. The highest BCUT2D eigenvalue weighted by Gasteiger charge is 2.21. The van der Waals surface area contributed by atoms with Crippen molar-refractivity contribution < 1.29 is 9.90 Å². The molecule has 1 amide bonds. The average Bonchev–Trinajstić information content (AvgIpc) is 2.56. The van der Waals surface area contributed by atoms with Crippen LogP contribution in [0.25, 0.3) is 0 Å². The van der Waals surface area contributed by atoms with E-state index in [9.17, 15) is 9.90 Å². The summed E-state index contributed by atoms with van der Waals surface area (Å²) in [4.78, 5) is 13.5. The zero-order chi connectivity index (χ0) is 17.5.